The van der Waals surface area contributed by atoms with Crippen molar-refractivity contribution in [2.24, 2.45) is 28.6 Å². The summed E-state index contributed by atoms with van der Waals surface area (Å²) in [6.45, 7) is 2.53. The second-order valence-corrected chi connectivity index (χ2v) is 10.1. The minimum Gasteiger partial charge on any atom is -0.461 e. The van der Waals surface area contributed by atoms with Crippen LogP contribution in [0.4, 0.5) is 0 Å². The summed E-state index contributed by atoms with van der Waals surface area (Å²) in [7, 11) is 0. The van der Waals surface area contributed by atoms with Crippen LogP contribution in [0.15, 0.2) is 42.0 Å². The molecule has 0 amide bonds. The van der Waals surface area contributed by atoms with Gasteiger partial charge >= 0.3 is 5.97 Å². The van der Waals surface area contributed by atoms with Gasteiger partial charge in [0, 0.05) is 23.7 Å². The Morgan fingerprint density at radius 1 is 1.00 bits per heavy atom. The number of fused-ring (bicyclic) bond motifs is 5. The predicted octanol–water partition coefficient (Wildman–Crippen LogP) is 4.92. The van der Waals surface area contributed by atoms with Gasteiger partial charge in [-0.1, -0.05) is 30.7 Å². The van der Waals surface area contributed by atoms with E-state index in [9.17, 15) is 14.4 Å². The van der Waals surface area contributed by atoms with Crippen LogP contribution in [0.5, 0.6) is 0 Å². The zero-order chi connectivity index (χ0) is 20.9. The van der Waals surface area contributed by atoms with E-state index in [2.05, 4.69) is 6.92 Å². The zero-order valence-corrected chi connectivity index (χ0v) is 17.7. The number of rotatable bonds is 3. The van der Waals surface area contributed by atoms with Gasteiger partial charge in [0.05, 0.1) is 5.56 Å². The third-order valence-electron chi connectivity index (χ3n) is 8.87. The van der Waals surface area contributed by atoms with E-state index in [0.29, 0.717) is 48.5 Å². The molecule has 158 valence electrons. The van der Waals surface area contributed by atoms with Gasteiger partial charge in [0.1, 0.15) is 12.4 Å². The maximum Gasteiger partial charge on any atom is 0.338 e. The molecule has 0 spiro atoms. The van der Waals surface area contributed by atoms with Crippen LogP contribution in [0.2, 0.25) is 0 Å². The van der Waals surface area contributed by atoms with Crippen LogP contribution in [0, 0.1) is 28.6 Å². The fraction of sp³-hybridized carbons (Fsp3) is 0.577. The van der Waals surface area contributed by atoms with Crippen molar-refractivity contribution in [3.8, 4) is 0 Å². The predicted molar refractivity (Wildman–Crippen MR) is 113 cm³/mol. The molecule has 0 N–H and O–H groups in total. The van der Waals surface area contributed by atoms with Crippen LogP contribution in [0.3, 0.4) is 0 Å². The highest BCUT2D eigenvalue weighted by atomic mass is 16.5. The molecule has 0 unspecified atom stereocenters. The fourth-order valence-electron chi connectivity index (χ4n) is 7.25. The molecule has 4 aliphatic carbocycles. The van der Waals surface area contributed by atoms with Gasteiger partial charge in [-0.05, 0) is 74.5 Å². The maximum absolute atomic E-state index is 12.7. The molecule has 0 heterocycles. The number of carbonyl (C=O) groups excluding carboxylic acids is 3. The van der Waals surface area contributed by atoms with E-state index in [4.69, 9.17) is 4.74 Å². The van der Waals surface area contributed by atoms with Gasteiger partial charge in [0.25, 0.3) is 0 Å². The summed E-state index contributed by atoms with van der Waals surface area (Å²) >= 11 is 0. The highest BCUT2D eigenvalue weighted by Crippen LogP contribution is 2.64. The van der Waals surface area contributed by atoms with Crippen molar-refractivity contribution in [3.63, 3.8) is 0 Å². The third kappa shape index (κ3) is 2.91. The summed E-state index contributed by atoms with van der Waals surface area (Å²) in [4.78, 5) is 37.6. The fourth-order valence-corrected chi connectivity index (χ4v) is 7.25. The summed E-state index contributed by atoms with van der Waals surface area (Å²) in [5, 5.41) is 0. The summed E-state index contributed by atoms with van der Waals surface area (Å²) in [6, 6.07) is 9.13. The summed E-state index contributed by atoms with van der Waals surface area (Å²) in [6.07, 6.45) is 8.68. The molecule has 4 aliphatic rings. The second kappa shape index (κ2) is 7.18. The lowest BCUT2D eigenvalue weighted by molar-refractivity contribution is -0.134. The van der Waals surface area contributed by atoms with Crippen molar-refractivity contribution in [1.29, 1.82) is 0 Å². The average molecular weight is 407 g/mol. The first kappa shape index (κ1) is 19.7. The van der Waals surface area contributed by atoms with E-state index in [1.807, 2.05) is 24.3 Å². The quantitative estimate of drug-likeness (QED) is 0.668. The maximum atomic E-state index is 12.7. The lowest BCUT2D eigenvalue weighted by Crippen LogP contribution is -2.53. The molecule has 1 aromatic carbocycles. The van der Waals surface area contributed by atoms with Crippen LogP contribution in [-0.4, -0.2) is 24.1 Å². The largest absolute Gasteiger partial charge is 0.461 e. The van der Waals surface area contributed by atoms with E-state index in [1.165, 1.54) is 5.57 Å². The first-order valence-electron chi connectivity index (χ1n) is 11.4. The molecule has 5 atom stereocenters. The lowest BCUT2D eigenvalue weighted by Gasteiger charge is -2.57. The number of hydrogen-bond donors (Lipinski definition) is 0. The van der Waals surface area contributed by atoms with Gasteiger partial charge in [-0.15, -0.1) is 0 Å². The molecule has 1 aromatic rings. The molecular formula is C26H30O4. The Labute approximate surface area is 178 Å². The van der Waals surface area contributed by atoms with Crippen molar-refractivity contribution < 1.29 is 19.1 Å². The number of ether oxygens (including phenoxy) is 1. The summed E-state index contributed by atoms with van der Waals surface area (Å²) < 4.78 is 5.91. The van der Waals surface area contributed by atoms with Crippen LogP contribution >= 0.6 is 0 Å². The monoisotopic (exact) mass is 406 g/mol. The Kier molecular flexibility index (Phi) is 4.72. The lowest BCUT2D eigenvalue weighted by atomic mass is 9.47. The van der Waals surface area contributed by atoms with Crippen molar-refractivity contribution in [2.75, 3.05) is 6.61 Å². The average Bonchev–Trinajstić information content (AvgIpc) is 3.07. The minimum absolute atomic E-state index is 0.172. The van der Waals surface area contributed by atoms with Crippen LogP contribution < -0.4 is 0 Å². The van der Waals surface area contributed by atoms with Gasteiger partial charge in [-0.25, -0.2) is 4.79 Å². The summed E-state index contributed by atoms with van der Waals surface area (Å²) in [5.74, 6) is 1.65. The number of Topliss-reactive ketones (excluding diaryl/α,β-unsaturated/α-hetero) is 1. The van der Waals surface area contributed by atoms with E-state index in [0.717, 1.165) is 38.5 Å². The number of ketones is 2. The van der Waals surface area contributed by atoms with E-state index < -0.39 is 0 Å². The highest BCUT2D eigenvalue weighted by molar-refractivity contribution is 5.92. The Morgan fingerprint density at radius 2 is 1.80 bits per heavy atom. The van der Waals surface area contributed by atoms with E-state index in [-0.39, 0.29) is 22.6 Å². The molecule has 3 fully saturated rings. The number of esters is 1. The van der Waals surface area contributed by atoms with Crippen LogP contribution in [-0.2, 0) is 14.3 Å². The van der Waals surface area contributed by atoms with Crippen molar-refractivity contribution in [1.82, 2.24) is 0 Å². The first-order chi connectivity index (χ1) is 14.4. The van der Waals surface area contributed by atoms with Gasteiger partial charge in [-0.2, -0.15) is 0 Å². The van der Waals surface area contributed by atoms with Crippen molar-refractivity contribution in [3.05, 3.63) is 47.5 Å². The van der Waals surface area contributed by atoms with Gasteiger partial charge in [0.2, 0.25) is 0 Å². The van der Waals surface area contributed by atoms with Crippen LogP contribution in [0.1, 0.15) is 68.6 Å². The van der Waals surface area contributed by atoms with E-state index >= 15 is 0 Å². The molecule has 4 nitrogen and oxygen atoms in total. The normalized spacial score (nSPS) is 37.6. The van der Waals surface area contributed by atoms with Crippen molar-refractivity contribution >= 4 is 17.5 Å². The molecule has 3 saturated carbocycles. The number of carbonyl (C=O) groups is 3. The van der Waals surface area contributed by atoms with Crippen molar-refractivity contribution in [2.45, 2.75) is 58.3 Å². The Morgan fingerprint density at radius 3 is 2.60 bits per heavy atom. The number of hydrogen-bond acceptors (Lipinski definition) is 4. The second-order valence-electron chi connectivity index (χ2n) is 10.1. The smallest absolute Gasteiger partial charge is 0.338 e. The molecule has 4 heteroatoms. The topological polar surface area (TPSA) is 60.4 Å². The molecule has 0 bridgehead atoms. The highest BCUT2D eigenvalue weighted by Gasteiger charge is 2.60. The minimum atomic E-state index is -0.292. The third-order valence-corrected chi connectivity index (χ3v) is 8.87. The molecule has 0 saturated heterocycles. The van der Waals surface area contributed by atoms with Crippen LogP contribution in [0.25, 0.3) is 0 Å². The van der Waals surface area contributed by atoms with E-state index in [1.54, 1.807) is 12.1 Å². The Balaban J connectivity index is 1.45. The standard InChI is InChI=1S/C26H30O4/c1-25-13-12-22-20(21(25)9-10-23(25)28)8-7-18-15-19(27)11-14-26(18,22)16-30-24(29)17-5-3-2-4-6-17/h2-6,15,20-22H,7-14,16H2,1H3/t20-,21-,22-,25-,26+/m0/s1. The molecule has 0 radical (unpaired) electrons. The Bertz CT molecular complexity index is 916. The molecular weight excluding hydrogens is 376 g/mol. The molecule has 5 rings (SSSR count). The molecule has 0 aromatic heterocycles. The van der Waals surface area contributed by atoms with Gasteiger partial charge in [0.15, 0.2) is 5.78 Å². The van der Waals surface area contributed by atoms with Gasteiger partial charge < -0.3 is 4.74 Å². The molecule has 30 heavy (non-hydrogen) atoms. The summed E-state index contributed by atoms with van der Waals surface area (Å²) in [5.41, 5.74) is 1.34. The molecule has 0 aliphatic heterocycles. The van der Waals surface area contributed by atoms with Gasteiger partial charge in [-0.3, -0.25) is 9.59 Å². The first-order valence-corrected chi connectivity index (χ1v) is 11.4. The SMILES string of the molecule is C[C@]12CC[C@H]3[C@@H](CCC4=CC(=O)CC[C@@]43COC(=O)c3ccccc3)[C@@H]1CCC2=O. The Hall–Kier alpha value is -2.23. The zero-order valence-electron chi connectivity index (χ0n) is 17.7. The number of benzene rings is 1.